The van der Waals surface area contributed by atoms with Gasteiger partial charge in [0.15, 0.2) is 0 Å². The highest BCUT2D eigenvalue weighted by Gasteiger charge is 2.19. The molecule has 5 heteroatoms. The summed E-state index contributed by atoms with van der Waals surface area (Å²) in [5, 5.41) is 9.43. The van der Waals surface area contributed by atoms with Crippen molar-refractivity contribution in [1.29, 1.82) is 0 Å². The van der Waals surface area contributed by atoms with Crippen molar-refractivity contribution in [2.24, 2.45) is 0 Å². The predicted octanol–water partition coefficient (Wildman–Crippen LogP) is 3.77. The highest BCUT2D eigenvalue weighted by molar-refractivity contribution is 7.89. The molecule has 1 aromatic carbocycles. The van der Waals surface area contributed by atoms with Crippen molar-refractivity contribution in [3.63, 3.8) is 0 Å². The molecule has 4 nitrogen and oxygen atoms in total. The van der Waals surface area contributed by atoms with E-state index in [2.05, 4.69) is 11.6 Å². The Morgan fingerprint density at radius 3 is 2.13 bits per heavy atom. The van der Waals surface area contributed by atoms with Gasteiger partial charge in [0.2, 0.25) is 10.0 Å². The average Bonchev–Trinajstić information content (AvgIpc) is 2.53. The van der Waals surface area contributed by atoms with Gasteiger partial charge in [-0.2, -0.15) is 0 Å². The third kappa shape index (κ3) is 7.95. The second kappa shape index (κ2) is 10.8. The molecular formula is C18H31NO3S. The van der Waals surface area contributed by atoms with Crippen LogP contribution >= 0.6 is 0 Å². The molecular weight excluding hydrogens is 310 g/mol. The molecule has 1 atom stereocenters. The van der Waals surface area contributed by atoms with Gasteiger partial charge < -0.3 is 5.11 Å². The van der Waals surface area contributed by atoms with Crippen LogP contribution in [0.5, 0.6) is 0 Å². The molecule has 0 aromatic heterocycles. The van der Waals surface area contributed by atoms with E-state index < -0.39 is 16.1 Å². The first-order chi connectivity index (χ1) is 11.0. The largest absolute Gasteiger partial charge is 0.395 e. The van der Waals surface area contributed by atoms with Crippen molar-refractivity contribution >= 4 is 10.0 Å². The van der Waals surface area contributed by atoms with Crippen LogP contribution in [0.2, 0.25) is 0 Å². The lowest BCUT2D eigenvalue weighted by Gasteiger charge is -2.16. The summed E-state index contributed by atoms with van der Waals surface area (Å²) in [7, 11) is -3.55. The summed E-state index contributed by atoms with van der Waals surface area (Å²) in [6, 6.07) is 6.34. The van der Waals surface area contributed by atoms with Crippen LogP contribution in [-0.2, 0) is 10.0 Å². The number of benzene rings is 1. The normalized spacial score (nSPS) is 13.2. The lowest BCUT2D eigenvalue weighted by molar-refractivity contribution is 0.247. The molecule has 0 fully saturated rings. The smallest absolute Gasteiger partial charge is 0.240 e. The highest BCUT2D eigenvalue weighted by Crippen LogP contribution is 2.13. The van der Waals surface area contributed by atoms with E-state index in [9.17, 15) is 13.5 Å². The molecule has 132 valence electrons. The summed E-state index contributed by atoms with van der Waals surface area (Å²) in [4.78, 5) is 0.251. The van der Waals surface area contributed by atoms with Gasteiger partial charge in [-0.25, -0.2) is 13.1 Å². The number of hydrogen-bond donors (Lipinski definition) is 2. The molecule has 0 radical (unpaired) electrons. The Labute approximate surface area is 141 Å². The van der Waals surface area contributed by atoms with Crippen molar-refractivity contribution in [2.75, 3.05) is 6.61 Å². The van der Waals surface area contributed by atoms with Gasteiger partial charge in [-0.05, 0) is 25.5 Å². The van der Waals surface area contributed by atoms with Crippen molar-refractivity contribution in [1.82, 2.24) is 4.72 Å². The van der Waals surface area contributed by atoms with Crippen molar-refractivity contribution < 1.29 is 13.5 Å². The summed E-state index contributed by atoms with van der Waals surface area (Å²) in [5.74, 6) is 0. The maximum absolute atomic E-state index is 12.3. The molecule has 2 N–H and O–H groups in total. The summed E-state index contributed by atoms with van der Waals surface area (Å²) in [6.45, 7) is 3.95. The van der Waals surface area contributed by atoms with Gasteiger partial charge in [0.1, 0.15) is 0 Å². The van der Waals surface area contributed by atoms with Gasteiger partial charge >= 0.3 is 0 Å². The van der Waals surface area contributed by atoms with E-state index in [1.54, 1.807) is 24.3 Å². The van der Waals surface area contributed by atoms with Crippen LogP contribution in [0.25, 0.3) is 0 Å². The van der Waals surface area contributed by atoms with E-state index in [0.717, 1.165) is 18.4 Å². The average molecular weight is 342 g/mol. The van der Waals surface area contributed by atoms with Crippen LogP contribution in [-0.4, -0.2) is 26.2 Å². The van der Waals surface area contributed by atoms with Gasteiger partial charge in [-0.3, -0.25) is 0 Å². The van der Waals surface area contributed by atoms with Crippen LogP contribution < -0.4 is 4.72 Å². The first-order valence-electron chi connectivity index (χ1n) is 8.69. The Balaban J connectivity index is 2.38. The maximum atomic E-state index is 12.3. The third-order valence-corrected chi connectivity index (χ3v) is 5.57. The van der Waals surface area contributed by atoms with Crippen LogP contribution in [0.15, 0.2) is 29.2 Å². The minimum absolute atomic E-state index is 0.166. The Kier molecular flexibility index (Phi) is 9.44. The quantitative estimate of drug-likeness (QED) is 0.569. The standard InChI is InChI=1S/C18H31NO3S/c1-3-4-5-6-7-8-9-10-17(15-20)19-23(21,22)18-13-11-16(2)12-14-18/h11-14,17,19-20H,3-10,15H2,1-2H3/t17-/m1/s1. The number of rotatable bonds is 12. The number of aliphatic hydroxyl groups is 1. The van der Waals surface area contributed by atoms with E-state index in [1.165, 1.54) is 32.1 Å². The molecule has 0 aliphatic rings. The summed E-state index contributed by atoms with van der Waals surface area (Å²) in [5.41, 5.74) is 1.02. The Morgan fingerprint density at radius 2 is 1.57 bits per heavy atom. The second-order valence-corrected chi connectivity index (χ2v) is 7.94. The van der Waals surface area contributed by atoms with E-state index in [4.69, 9.17) is 0 Å². The van der Waals surface area contributed by atoms with Crippen molar-refractivity contribution in [3.8, 4) is 0 Å². The molecule has 0 amide bonds. The Bertz CT molecular complexity index is 526. The maximum Gasteiger partial charge on any atom is 0.240 e. The summed E-state index contributed by atoms with van der Waals surface area (Å²) >= 11 is 0. The zero-order valence-corrected chi connectivity index (χ0v) is 15.2. The molecule has 23 heavy (non-hydrogen) atoms. The first kappa shape index (κ1) is 20.1. The van der Waals surface area contributed by atoms with Crippen LogP contribution in [0.3, 0.4) is 0 Å². The molecule has 1 aromatic rings. The number of aliphatic hydroxyl groups excluding tert-OH is 1. The summed E-state index contributed by atoms with van der Waals surface area (Å²) < 4.78 is 27.2. The van der Waals surface area contributed by atoms with E-state index in [-0.39, 0.29) is 11.5 Å². The number of sulfonamides is 1. The van der Waals surface area contributed by atoms with Crippen LogP contribution in [0, 0.1) is 6.92 Å². The predicted molar refractivity (Wildman–Crippen MR) is 95.0 cm³/mol. The van der Waals surface area contributed by atoms with Crippen molar-refractivity contribution in [3.05, 3.63) is 29.8 Å². The Morgan fingerprint density at radius 1 is 1.00 bits per heavy atom. The van der Waals surface area contributed by atoms with Gasteiger partial charge in [0.25, 0.3) is 0 Å². The van der Waals surface area contributed by atoms with E-state index in [1.807, 2.05) is 6.92 Å². The van der Waals surface area contributed by atoms with Crippen LogP contribution in [0.1, 0.15) is 63.9 Å². The Hall–Kier alpha value is -0.910. The molecule has 0 saturated heterocycles. The monoisotopic (exact) mass is 341 g/mol. The van der Waals surface area contributed by atoms with Gasteiger partial charge in [0.05, 0.1) is 11.5 Å². The number of hydrogen-bond acceptors (Lipinski definition) is 3. The van der Waals surface area contributed by atoms with Gasteiger partial charge in [0, 0.05) is 6.04 Å². The topological polar surface area (TPSA) is 66.4 Å². The molecule has 0 aliphatic carbocycles. The molecule has 0 bridgehead atoms. The minimum atomic E-state index is -3.55. The molecule has 1 rings (SSSR count). The fourth-order valence-corrected chi connectivity index (χ4v) is 3.80. The summed E-state index contributed by atoms with van der Waals surface area (Å²) in [6.07, 6.45) is 8.94. The second-order valence-electron chi connectivity index (χ2n) is 6.22. The lowest BCUT2D eigenvalue weighted by Crippen LogP contribution is -2.37. The number of unbranched alkanes of at least 4 members (excludes halogenated alkanes) is 6. The highest BCUT2D eigenvalue weighted by atomic mass is 32.2. The first-order valence-corrected chi connectivity index (χ1v) is 10.2. The SMILES string of the molecule is CCCCCCCCC[C@H](CO)NS(=O)(=O)c1ccc(C)cc1. The van der Waals surface area contributed by atoms with Gasteiger partial charge in [-0.1, -0.05) is 69.6 Å². The van der Waals surface area contributed by atoms with Gasteiger partial charge in [-0.15, -0.1) is 0 Å². The van der Waals surface area contributed by atoms with Crippen LogP contribution in [0.4, 0.5) is 0 Å². The van der Waals surface area contributed by atoms with E-state index in [0.29, 0.717) is 6.42 Å². The third-order valence-electron chi connectivity index (χ3n) is 4.03. The lowest BCUT2D eigenvalue weighted by atomic mass is 10.1. The van der Waals surface area contributed by atoms with E-state index >= 15 is 0 Å². The zero-order chi connectivity index (χ0) is 17.1. The zero-order valence-electron chi connectivity index (χ0n) is 14.4. The number of aryl methyl sites for hydroxylation is 1. The number of nitrogens with one attached hydrogen (secondary N) is 1. The fourth-order valence-electron chi connectivity index (χ4n) is 2.54. The molecule has 0 saturated carbocycles. The fraction of sp³-hybridized carbons (Fsp3) is 0.667. The van der Waals surface area contributed by atoms with Crippen molar-refractivity contribution in [2.45, 2.75) is 76.2 Å². The minimum Gasteiger partial charge on any atom is -0.395 e. The molecule has 0 spiro atoms. The molecule has 0 heterocycles. The molecule has 0 unspecified atom stereocenters. The molecule has 0 aliphatic heterocycles.